The summed E-state index contributed by atoms with van der Waals surface area (Å²) in [6.45, 7) is 0.703. The van der Waals surface area contributed by atoms with Crippen LogP contribution in [0.25, 0.3) is 11.0 Å². The van der Waals surface area contributed by atoms with Crippen LogP contribution < -0.4 is 0 Å². The fourth-order valence-electron chi connectivity index (χ4n) is 1.64. The van der Waals surface area contributed by atoms with Crippen molar-refractivity contribution in [2.75, 3.05) is 6.61 Å². The molecular weight excluding hydrogens is 176 g/mol. The van der Waals surface area contributed by atoms with Crippen LogP contribution in [0.3, 0.4) is 0 Å². The van der Waals surface area contributed by atoms with Crippen LogP contribution in [0, 0.1) is 7.11 Å². The van der Waals surface area contributed by atoms with E-state index in [1.165, 1.54) is 10.9 Å². The molecule has 1 aromatic carbocycles. The zero-order chi connectivity index (χ0) is 9.80. The van der Waals surface area contributed by atoms with Gasteiger partial charge in [-0.3, -0.25) is 0 Å². The largest absolute Gasteiger partial charge is 0.464 e. The molecule has 2 aromatic rings. The van der Waals surface area contributed by atoms with Crippen molar-refractivity contribution in [2.45, 2.75) is 12.8 Å². The van der Waals surface area contributed by atoms with Crippen molar-refractivity contribution < 1.29 is 9.15 Å². The Labute approximate surface area is 83.5 Å². The average molecular weight is 189 g/mol. The van der Waals surface area contributed by atoms with Gasteiger partial charge in [0.05, 0.1) is 13.4 Å². The number of rotatable bonds is 4. The molecule has 2 heteroatoms. The molecule has 0 aliphatic heterocycles. The average Bonchev–Trinajstić information content (AvgIpc) is 2.67. The van der Waals surface area contributed by atoms with Gasteiger partial charge < -0.3 is 9.15 Å². The molecule has 1 aromatic heterocycles. The molecule has 0 aliphatic carbocycles. The van der Waals surface area contributed by atoms with E-state index in [1.54, 1.807) is 6.26 Å². The second kappa shape index (κ2) is 4.29. The van der Waals surface area contributed by atoms with Gasteiger partial charge in [0.15, 0.2) is 0 Å². The van der Waals surface area contributed by atoms with E-state index < -0.39 is 0 Å². The number of hydrogen-bond acceptors (Lipinski definition) is 2. The summed E-state index contributed by atoms with van der Waals surface area (Å²) in [5.41, 5.74) is 2.27. The topological polar surface area (TPSA) is 22.4 Å². The second-order valence-corrected chi connectivity index (χ2v) is 3.26. The maximum atomic E-state index is 5.32. The minimum atomic E-state index is 0.703. The number of hydrogen-bond donors (Lipinski definition) is 0. The highest BCUT2D eigenvalue weighted by atomic mass is 16.5. The maximum Gasteiger partial charge on any atom is 0.134 e. The van der Waals surface area contributed by atoms with Crippen LogP contribution in [0.4, 0.5) is 0 Å². The summed E-state index contributed by atoms with van der Waals surface area (Å²) in [7, 11) is 3.35. The first-order chi connectivity index (χ1) is 6.92. The third-order valence-electron chi connectivity index (χ3n) is 2.32. The van der Waals surface area contributed by atoms with Gasteiger partial charge in [0, 0.05) is 12.0 Å². The molecule has 0 atom stereocenters. The lowest BCUT2D eigenvalue weighted by molar-refractivity contribution is 0.238. The Morgan fingerprint density at radius 1 is 1.29 bits per heavy atom. The normalized spacial score (nSPS) is 10.9. The smallest absolute Gasteiger partial charge is 0.134 e. The van der Waals surface area contributed by atoms with Crippen LogP contribution in [0.2, 0.25) is 0 Å². The van der Waals surface area contributed by atoms with Gasteiger partial charge in [-0.1, -0.05) is 12.1 Å². The van der Waals surface area contributed by atoms with Gasteiger partial charge in [-0.2, -0.15) is 0 Å². The molecule has 0 amide bonds. The molecule has 0 saturated carbocycles. The van der Waals surface area contributed by atoms with E-state index in [0.717, 1.165) is 18.4 Å². The molecule has 0 fully saturated rings. The van der Waals surface area contributed by atoms with Crippen molar-refractivity contribution in [1.82, 2.24) is 0 Å². The van der Waals surface area contributed by atoms with Crippen LogP contribution in [-0.4, -0.2) is 6.61 Å². The molecule has 0 saturated heterocycles. The predicted molar refractivity (Wildman–Crippen MR) is 55.8 cm³/mol. The third-order valence-corrected chi connectivity index (χ3v) is 2.32. The fourth-order valence-corrected chi connectivity index (χ4v) is 1.64. The Morgan fingerprint density at radius 2 is 2.21 bits per heavy atom. The summed E-state index contributed by atoms with van der Waals surface area (Å²) in [6, 6.07) is 8.14. The zero-order valence-corrected chi connectivity index (χ0v) is 8.03. The lowest BCUT2D eigenvalue weighted by Gasteiger charge is -2.01. The van der Waals surface area contributed by atoms with Gasteiger partial charge in [0.1, 0.15) is 5.58 Å². The minimum Gasteiger partial charge on any atom is -0.464 e. The highest BCUT2D eigenvalue weighted by molar-refractivity contribution is 5.80. The molecule has 0 N–H and O–H groups in total. The monoisotopic (exact) mass is 189 g/mol. The summed E-state index contributed by atoms with van der Waals surface area (Å²) >= 11 is 0. The van der Waals surface area contributed by atoms with Crippen molar-refractivity contribution in [3.05, 3.63) is 43.2 Å². The fraction of sp³-hybridized carbons (Fsp3) is 0.250. The van der Waals surface area contributed by atoms with Gasteiger partial charge >= 0.3 is 0 Å². The predicted octanol–water partition coefficient (Wildman–Crippen LogP) is 3.17. The molecule has 14 heavy (non-hydrogen) atoms. The van der Waals surface area contributed by atoms with Crippen LogP contribution in [-0.2, 0) is 11.2 Å². The quantitative estimate of drug-likeness (QED) is 0.689. The van der Waals surface area contributed by atoms with Gasteiger partial charge in [-0.15, -0.1) is 0 Å². The van der Waals surface area contributed by atoms with Crippen molar-refractivity contribution in [3.8, 4) is 0 Å². The molecule has 0 bridgehead atoms. The number of aryl methyl sites for hydroxylation is 1. The zero-order valence-electron chi connectivity index (χ0n) is 8.03. The van der Waals surface area contributed by atoms with Crippen molar-refractivity contribution >= 4 is 11.0 Å². The number of benzene rings is 1. The van der Waals surface area contributed by atoms with E-state index in [9.17, 15) is 0 Å². The van der Waals surface area contributed by atoms with E-state index in [0.29, 0.717) is 6.61 Å². The van der Waals surface area contributed by atoms with Crippen LogP contribution >= 0.6 is 0 Å². The van der Waals surface area contributed by atoms with E-state index in [1.807, 2.05) is 18.2 Å². The molecule has 73 valence electrons. The molecule has 2 rings (SSSR count). The summed E-state index contributed by atoms with van der Waals surface area (Å²) in [4.78, 5) is 0. The lowest BCUT2D eigenvalue weighted by Crippen LogP contribution is -1.91. The molecule has 1 radical (unpaired) electrons. The standard InChI is InChI=1S/C12H13O2/c1-13-8-3-5-10-4-2-6-12-11(10)7-9-14-12/h2,4,6-7,9H,1,3,5,8H2. The van der Waals surface area contributed by atoms with Gasteiger partial charge in [-0.05, 0) is 30.5 Å². The highest BCUT2D eigenvalue weighted by Crippen LogP contribution is 2.20. The van der Waals surface area contributed by atoms with Crippen LogP contribution in [0.5, 0.6) is 0 Å². The minimum absolute atomic E-state index is 0.703. The van der Waals surface area contributed by atoms with Crippen molar-refractivity contribution in [2.24, 2.45) is 0 Å². The summed E-state index contributed by atoms with van der Waals surface area (Å²) in [6.07, 6.45) is 3.73. The molecule has 0 unspecified atom stereocenters. The molecular formula is C12H13O2. The molecule has 0 spiro atoms. The van der Waals surface area contributed by atoms with E-state index in [4.69, 9.17) is 9.15 Å². The maximum absolute atomic E-state index is 5.32. The second-order valence-electron chi connectivity index (χ2n) is 3.26. The third kappa shape index (κ3) is 1.80. The Morgan fingerprint density at radius 3 is 3.07 bits per heavy atom. The first-order valence-corrected chi connectivity index (χ1v) is 4.74. The molecule has 2 nitrogen and oxygen atoms in total. The van der Waals surface area contributed by atoms with E-state index in [2.05, 4.69) is 13.2 Å². The number of furan rings is 1. The first-order valence-electron chi connectivity index (χ1n) is 4.74. The molecule has 0 aliphatic rings. The Bertz CT molecular complexity index is 403. The Balaban J connectivity index is 2.19. The Hall–Kier alpha value is -1.28. The van der Waals surface area contributed by atoms with Crippen molar-refractivity contribution in [1.29, 1.82) is 0 Å². The number of ether oxygens (including phenoxy) is 1. The summed E-state index contributed by atoms with van der Waals surface area (Å²) < 4.78 is 10.1. The first kappa shape index (κ1) is 9.28. The summed E-state index contributed by atoms with van der Waals surface area (Å²) in [5, 5.41) is 1.21. The van der Waals surface area contributed by atoms with Crippen molar-refractivity contribution in [3.63, 3.8) is 0 Å². The van der Waals surface area contributed by atoms with Gasteiger partial charge in [0.25, 0.3) is 0 Å². The molecule has 1 heterocycles. The van der Waals surface area contributed by atoms with Crippen LogP contribution in [0.1, 0.15) is 12.0 Å². The Kier molecular flexibility index (Phi) is 2.84. The van der Waals surface area contributed by atoms with E-state index in [-0.39, 0.29) is 0 Å². The van der Waals surface area contributed by atoms with Gasteiger partial charge in [0.2, 0.25) is 0 Å². The number of fused-ring (bicyclic) bond motifs is 1. The summed E-state index contributed by atoms with van der Waals surface area (Å²) in [5.74, 6) is 0. The van der Waals surface area contributed by atoms with E-state index >= 15 is 0 Å². The lowest BCUT2D eigenvalue weighted by atomic mass is 10.1. The van der Waals surface area contributed by atoms with Gasteiger partial charge in [-0.25, -0.2) is 0 Å². The van der Waals surface area contributed by atoms with Crippen LogP contribution in [0.15, 0.2) is 34.9 Å². The highest BCUT2D eigenvalue weighted by Gasteiger charge is 2.02. The SMILES string of the molecule is [CH2]OCCCc1cccc2occc12.